The number of ether oxygens (including phenoxy) is 2. The molecule has 0 saturated carbocycles. The molecule has 0 aliphatic carbocycles. The van der Waals surface area contributed by atoms with E-state index >= 15 is 0 Å². The van der Waals surface area contributed by atoms with Crippen molar-refractivity contribution in [3.8, 4) is 0 Å². The molecular formula is C19H23NO4. The van der Waals surface area contributed by atoms with Gasteiger partial charge >= 0.3 is 6.09 Å². The number of hydrogen-bond acceptors (Lipinski definition) is 4. The van der Waals surface area contributed by atoms with Gasteiger partial charge in [-0.1, -0.05) is 43.3 Å². The Kier molecular flexibility index (Phi) is 6.61. The van der Waals surface area contributed by atoms with E-state index in [-0.39, 0.29) is 24.5 Å². The maximum absolute atomic E-state index is 12.3. The van der Waals surface area contributed by atoms with Crippen molar-refractivity contribution in [2.24, 2.45) is 5.92 Å². The van der Waals surface area contributed by atoms with Gasteiger partial charge in [0, 0.05) is 0 Å². The van der Waals surface area contributed by atoms with Gasteiger partial charge in [0.25, 0.3) is 5.91 Å². The molecule has 5 nitrogen and oxygen atoms in total. The average molecular weight is 329 g/mol. The number of imide groups is 1. The van der Waals surface area contributed by atoms with Gasteiger partial charge in [0.05, 0.1) is 19.4 Å². The van der Waals surface area contributed by atoms with Crippen LogP contribution in [0.2, 0.25) is 0 Å². The number of hydrogen-bond donors (Lipinski definition) is 0. The zero-order valence-electron chi connectivity index (χ0n) is 14.1. The molecule has 1 aliphatic heterocycles. The molecule has 1 fully saturated rings. The minimum Gasteiger partial charge on any atom is -0.505 e. The lowest BCUT2D eigenvalue weighted by molar-refractivity contribution is -0.124. The lowest BCUT2D eigenvalue weighted by atomic mass is 10.1. The van der Waals surface area contributed by atoms with Crippen LogP contribution in [0.3, 0.4) is 0 Å². The molecule has 2 atom stereocenters. The lowest BCUT2D eigenvalue weighted by Gasteiger charge is -2.18. The normalized spacial score (nSPS) is 19.0. The molecule has 1 aliphatic rings. The predicted octanol–water partition coefficient (Wildman–Crippen LogP) is 3.32. The molecule has 0 spiro atoms. The number of cyclic esters (lactones) is 1. The predicted molar refractivity (Wildman–Crippen MR) is 91.2 cm³/mol. The summed E-state index contributed by atoms with van der Waals surface area (Å²) in [6.07, 6.45) is 7.47. The van der Waals surface area contributed by atoms with Gasteiger partial charge in [-0.25, -0.2) is 9.69 Å². The van der Waals surface area contributed by atoms with Crippen LogP contribution in [0.25, 0.3) is 0 Å². The number of nitrogens with zero attached hydrogens (tertiary/aromatic N) is 1. The fraction of sp³-hybridized carbons (Fsp3) is 0.368. The van der Waals surface area contributed by atoms with Crippen LogP contribution < -0.4 is 0 Å². The first-order valence-corrected chi connectivity index (χ1v) is 8.01. The number of rotatable bonds is 7. The SMILES string of the molecule is CO/C=C/[C@@H](C)C/C=C/C(=O)N1C(=O)OC[C@@H]1Cc1ccccc1. The number of methoxy groups -OCH3 is 1. The summed E-state index contributed by atoms with van der Waals surface area (Å²) in [6, 6.07) is 9.51. The van der Waals surface area contributed by atoms with Crippen LogP contribution in [0, 0.1) is 5.92 Å². The second kappa shape index (κ2) is 8.91. The summed E-state index contributed by atoms with van der Waals surface area (Å²) in [5, 5.41) is 0. The Bertz CT molecular complexity index is 609. The molecule has 0 aromatic heterocycles. The Labute approximate surface area is 142 Å². The summed E-state index contributed by atoms with van der Waals surface area (Å²) < 4.78 is 9.92. The highest BCUT2D eigenvalue weighted by Crippen LogP contribution is 2.18. The third kappa shape index (κ3) is 4.98. The second-order valence-corrected chi connectivity index (χ2v) is 5.81. The molecule has 2 rings (SSSR count). The third-order valence-electron chi connectivity index (χ3n) is 3.82. The summed E-state index contributed by atoms with van der Waals surface area (Å²) in [7, 11) is 1.59. The van der Waals surface area contributed by atoms with Gasteiger partial charge in [-0.2, -0.15) is 0 Å². The maximum atomic E-state index is 12.3. The Balaban J connectivity index is 1.95. The van der Waals surface area contributed by atoms with Crippen LogP contribution in [-0.2, 0) is 20.7 Å². The van der Waals surface area contributed by atoms with Gasteiger partial charge < -0.3 is 9.47 Å². The van der Waals surface area contributed by atoms with Gasteiger partial charge in [0.15, 0.2) is 0 Å². The fourth-order valence-electron chi connectivity index (χ4n) is 2.52. The number of allylic oxidation sites excluding steroid dienone is 2. The second-order valence-electron chi connectivity index (χ2n) is 5.81. The van der Waals surface area contributed by atoms with Crippen molar-refractivity contribution in [3.05, 3.63) is 60.4 Å². The fourth-order valence-corrected chi connectivity index (χ4v) is 2.52. The summed E-state index contributed by atoms with van der Waals surface area (Å²) in [4.78, 5) is 25.4. The van der Waals surface area contributed by atoms with Crippen LogP contribution in [0.4, 0.5) is 4.79 Å². The first-order valence-electron chi connectivity index (χ1n) is 8.01. The van der Waals surface area contributed by atoms with Crippen LogP contribution >= 0.6 is 0 Å². The van der Waals surface area contributed by atoms with E-state index in [2.05, 4.69) is 0 Å². The first-order chi connectivity index (χ1) is 11.6. The molecule has 5 heteroatoms. The molecule has 0 N–H and O–H groups in total. The average Bonchev–Trinajstić information content (AvgIpc) is 2.94. The Morgan fingerprint density at radius 3 is 2.88 bits per heavy atom. The van der Waals surface area contributed by atoms with Gasteiger partial charge in [-0.3, -0.25) is 4.79 Å². The zero-order valence-corrected chi connectivity index (χ0v) is 14.1. The molecule has 1 aromatic rings. The third-order valence-corrected chi connectivity index (χ3v) is 3.82. The summed E-state index contributed by atoms with van der Waals surface area (Å²) in [6.45, 7) is 2.26. The van der Waals surface area contributed by atoms with Crippen molar-refractivity contribution in [1.29, 1.82) is 0 Å². The number of carbonyl (C=O) groups is 2. The van der Waals surface area contributed by atoms with Crippen LogP contribution in [0.5, 0.6) is 0 Å². The van der Waals surface area contributed by atoms with Crippen molar-refractivity contribution in [3.63, 3.8) is 0 Å². The largest absolute Gasteiger partial charge is 0.505 e. The topological polar surface area (TPSA) is 55.8 Å². The molecule has 128 valence electrons. The number of benzene rings is 1. The highest BCUT2D eigenvalue weighted by Gasteiger charge is 2.36. The van der Waals surface area contributed by atoms with Gasteiger partial charge in [-0.05, 0) is 36.5 Å². The van der Waals surface area contributed by atoms with E-state index in [0.29, 0.717) is 12.8 Å². The van der Waals surface area contributed by atoms with E-state index in [4.69, 9.17) is 9.47 Å². The minimum atomic E-state index is -0.571. The van der Waals surface area contributed by atoms with Gasteiger partial charge in [0.2, 0.25) is 0 Å². The molecule has 2 amide bonds. The van der Waals surface area contributed by atoms with Crippen molar-refractivity contribution in [1.82, 2.24) is 4.90 Å². The highest BCUT2D eigenvalue weighted by atomic mass is 16.6. The zero-order chi connectivity index (χ0) is 17.4. The van der Waals surface area contributed by atoms with E-state index in [1.54, 1.807) is 19.4 Å². The van der Waals surface area contributed by atoms with E-state index in [1.807, 2.05) is 43.3 Å². The first kappa shape index (κ1) is 17.8. The smallest absolute Gasteiger partial charge is 0.417 e. The van der Waals surface area contributed by atoms with E-state index in [9.17, 15) is 9.59 Å². The molecule has 1 saturated heterocycles. The Morgan fingerprint density at radius 1 is 1.42 bits per heavy atom. The van der Waals surface area contributed by atoms with Gasteiger partial charge in [0.1, 0.15) is 6.61 Å². The van der Waals surface area contributed by atoms with Crippen molar-refractivity contribution < 1.29 is 19.1 Å². The molecule has 0 unspecified atom stereocenters. The highest BCUT2D eigenvalue weighted by molar-refractivity contribution is 5.99. The quantitative estimate of drug-likeness (QED) is 0.569. The van der Waals surface area contributed by atoms with Crippen molar-refractivity contribution >= 4 is 12.0 Å². The summed E-state index contributed by atoms with van der Waals surface area (Å²) in [5.74, 6) is -0.0824. The Morgan fingerprint density at radius 2 is 2.17 bits per heavy atom. The molecule has 24 heavy (non-hydrogen) atoms. The number of carbonyl (C=O) groups excluding carboxylic acids is 2. The maximum Gasteiger partial charge on any atom is 0.417 e. The van der Waals surface area contributed by atoms with E-state index in [0.717, 1.165) is 5.56 Å². The van der Waals surface area contributed by atoms with Crippen LogP contribution in [0.1, 0.15) is 18.9 Å². The van der Waals surface area contributed by atoms with Gasteiger partial charge in [-0.15, -0.1) is 0 Å². The number of amides is 2. The van der Waals surface area contributed by atoms with E-state index in [1.165, 1.54) is 11.0 Å². The molecule has 0 bridgehead atoms. The van der Waals surface area contributed by atoms with Crippen LogP contribution in [0.15, 0.2) is 54.8 Å². The molecule has 1 aromatic carbocycles. The standard InChI is InChI=1S/C19H23NO4/c1-15(11-12-23-2)7-6-10-18(21)20-17(14-24-19(20)22)13-16-8-4-3-5-9-16/h3-6,8-12,15,17H,7,13-14H2,1-2H3/b10-6+,12-11+/t15-,17-/m0/s1. The summed E-state index contributed by atoms with van der Waals surface area (Å²) >= 11 is 0. The van der Waals surface area contributed by atoms with Crippen molar-refractivity contribution in [2.75, 3.05) is 13.7 Å². The summed E-state index contributed by atoms with van der Waals surface area (Å²) in [5.41, 5.74) is 1.07. The molecular weight excluding hydrogens is 306 g/mol. The minimum absolute atomic E-state index is 0.236. The Hall–Kier alpha value is -2.56. The molecule has 0 radical (unpaired) electrons. The van der Waals surface area contributed by atoms with Crippen molar-refractivity contribution in [2.45, 2.75) is 25.8 Å². The lowest BCUT2D eigenvalue weighted by Crippen LogP contribution is -2.39. The molecule has 1 heterocycles. The van der Waals surface area contributed by atoms with Crippen LogP contribution in [-0.4, -0.2) is 36.7 Å². The van der Waals surface area contributed by atoms with E-state index < -0.39 is 6.09 Å². The monoisotopic (exact) mass is 329 g/mol.